The van der Waals surface area contributed by atoms with E-state index in [1.54, 1.807) is 6.20 Å². The number of para-hydroxylation sites is 1. The first-order valence-corrected chi connectivity index (χ1v) is 12.2. The van der Waals surface area contributed by atoms with Gasteiger partial charge in [-0.25, -0.2) is 4.98 Å². The third kappa shape index (κ3) is 5.84. The predicted octanol–water partition coefficient (Wildman–Crippen LogP) is 5.19. The molecule has 33 heavy (non-hydrogen) atoms. The Morgan fingerprint density at radius 2 is 1.64 bits per heavy atom. The summed E-state index contributed by atoms with van der Waals surface area (Å²) in [5.74, 6) is 2.29. The average molecular weight is 450 g/mol. The van der Waals surface area contributed by atoms with Gasteiger partial charge in [0, 0.05) is 5.92 Å². The number of likely N-dealkylation sites (N-methyl/N-ethyl adjacent to an activating group) is 1. The van der Waals surface area contributed by atoms with E-state index < -0.39 is 5.60 Å². The van der Waals surface area contributed by atoms with Gasteiger partial charge in [0.2, 0.25) is 5.89 Å². The van der Waals surface area contributed by atoms with Gasteiger partial charge in [0.1, 0.15) is 24.7 Å². The molecule has 1 unspecified atom stereocenters. The first-order chi connectivity index (χ1) is 16.0. The second-order valence-electron chi connectivity index (χ2n) is 9.89. The van der Waals surface area contributed by atoms with Crippen molar-refractivity contribution in [2.75, 3.05) is 33.8 Å². The van der Waals surface area contributed by atoms with E-state index in [0.29, 0.717) is 12.5 Å². The number of oxazole rings is 1. The van der Waals surface area contributed by atoms with E-state index in [1.807, 2.05) is 60.7 Å². The molecule has 0 radical (unpaired) electrons. The highest BCUT2D eigenvalue weighted by Gasteiger charge is 2.44. The molecule has 0 bridgehead atoms. The van der Waals surface area contributed by atoms with Crippen LogP contribution in [0.3, 0.4) is 0 Å². The fourth-order valence-electron chi connectivity index (χ4n) is 4.80. The van der Waals surface area contributed by atoms with Crippen LogP contribution in [0.1, 0.15) is 49.3 Å². The zero-order chi connectivity index (χ0) is 23.2. The zero-order valence-electron chi connectivity index (χ0n) is 20.0. The van der Waals surface area contributed by atoms with Gasteiger partial charge in [-0.2, -0.15) is 0 Å². The summed E-state index contributed by atoms with van der Waals surface area (Å²) in [6.45, 7) is 2.46. The number of hydrogen-bond acceptors (Lipinski definition) is 4. The van der Waals surface area contributed by atoms with Gasteiger partial charge in [-0.1, -0.05) is 67.8 Å². The molecule has 0 aliphatic heterocycles. The predicted molar refractivity (Wildman–Crippen MR) is 130 cm³/mol. The van der Waals surface area contributed by atoms with Crippen molar-refractivity contribution < 1.29 is 18.7 Å². The molecule has 0 spiro atoms. The number of aliphatic hydroxyl groups is 1. The molecule has 2 aromatic carbocycles. The molecule has 0 saturated heterocycles. The van der Waals surface area contributed by atoms with E-state index in [0.717, 1.165) is 66.7 Å². The quantitative estimate of drug-likeness (QED) is 0.433. The molecule has 1 fully saturated rings. The first-order valence-electron chi connectivity index (χ1n) is 12.2. The first kappa shape index (κ1) is 23.5. The second kappa shape index (κ2) is 10.5. The number of hydrogen-bond donors (Lipinski definition) is 1. The summed E-state index contributed by atoms with van der Waals surface area (Å²) < 4.78 is 12.9. The van der Waals surface area contributed by atoms with Crippen LogP contribution in [0.25, 0.3) is 0 Å². The summed E-state index contributed by atoms with van der Waals surface area (Å²) in [5.41, 5.74) is -0.298. The van der Waals surface area contributed by atoms with Crippen molar-refractivity contribution in [1.82, 2.24) is 4.98 Å². The minimum atomic E-state index is -1.17. The third-order valence-corrected chi connectivity index (χ3v) is 6.96. The fourth-order valence-corrected chi connectivity index (χ4v) is 4.80. The Kier molecular flexibility index (Phi) is 7.51. The summed E-state index contributed by atoms with van der Waals surface area (Å²) in [6.07, 6.45) is 8.07. The van der Waals surface area contributed by atoms with Crippen LogP contribution in [-0.4, -0.2) is 48.4 Å². The number of nitrogens with zero attached hydrogens (tertiary/aromatic N) is 2. The van der Waals surface area contributed by atoms with Gasteiger partial charge < -0.3 is 18.7 Å². The highest BCUT2D eigenvalue weighted by Crippen LogP contribution is 2.43. The lowest BCUT2D eigenvalue weighted by atomic mass is 9.73. The van der Waals surface area contributed by atoms with Crippen molar-refractivity contribution in [2.45, 2.75) is 44.1 Å². The number of aromatic nitrogens is 1. The Labute approximate surface area is 197 Å². The smallest absolute Gasteiger partial charge is 0.231 e. The van der Waals surface area contributed by atoms with E-state index in [-0.39, 0.29) is 5.92 Å². The van der Waals surface area contributed by atoms with Gasteiger partial charge in [0.25, 0.3) is 0 Å². The van der Waals surface area contributed by atoms with E-state index in [1.165, 1.54) is 6.42 Å². The van der Waals surface area contributed by atoms with Crippen molar-refractivity contribution in [1.29, 1.82) is 0 Å². The van der Waals surface area contributed by atoms with E-state index >= 15 is 0 Å². The fraction of sp³-hybridized carbons (Fsp3) is 0.464. The topological polar surface area (TPSA) is 55.5 Å². The monoisotopic (exact) mass is 449 g/mol. The Balaban J connectivity index is 1.41. The van der Waals surface area contributed by atoms with Crippen molar-refractivity contribution >= 4 is 0 Å². The lowest BCUT2D eigenvalue weighted by Gasteiger charge is -2.36. The Bertz CT molecular complexity index is 981. The minimum absolute atomic E-state index is 0.127. The molecule has 176 valence electrons. The van der Waals surface area contributed by atoms with Gasteiger partial charge in [-0.05, 0) is 30.5 Å². The lowest BCUT2D eigenvalue weighted by molar-refractivity contribution is -0.890. The molecule has 1 aliphatic carbocycles. The molecule has 5 nitrogen and oxygen atoms in total. The van der Waals surface area contributed by atoms with Crippen LogP contribution in [0.5, 0.6) is 5.75 Å². The highest BCUT2D eigenvalue weighted by molar-refractivity contribution is 5.30. The van der Waals surface area contributed by atoms with Gasteiger partial charge in [0.05, 0.1) is 33.3 Å². The molecular formula is C28H37N2O3+. The Morgan fingerprint density at radius 1 is 0.970 bits per heavy atom. The molecule has 1 atom stereocenters. The van der Waals surface area contributed by atoms with Crippen molar-refractivity contribution in [3.63, 3.8) is 0 Å². The van der Waals surface area contributed by atoms with Crippen molar-refractivity contribution in [3.05, 3.63) is 84.1 Å². The van der Waals surface area contributed by atoms with Crippen LogP contribution in [-0.2, 0) is 12.0 Å². The maximum atomic E-state index is 12.0. The SMILES string of the molecule is C[N+](C)(CCOc1ccccc1)CCc1cnc(C(O)(c2ccccc2)C2CCCCC2)o1. The van der Waals surface area contributed by atoms with Crippen LogP contribution < -0.4 is 4.74 Å². The Hall–Kier alpha value is -2.63. The molecule has 0 amide bonds. The standard InChI is InChI=1S/C28H37N2O3/c1-30(2,20-21-32-25-16-10-5-11-17-25)19-18-26-22-29-27(33-26)28(31,23-12-6-3-7-13-23)24-14-8-4-9-15-24/h3,5-7,10-13,16-17,22,24,31H,4,8-9,14-15,18-21H2,1-2H3/q+1. The molecule has 5 heteroatoms. The highest BCUT2D eigenvalue weighted by atomic mass is 16.5. The van der Waals surface area contributed by atoms with Crippen LogP contribution in [0, 0.1) is 5.92 Å². The van der Waals surface area contributed by atoms with Crippen LogP contribution in [0.2, 0.25) is 0 Å². The summed E-state index contributed by atoms with van der Waals surface area (Å²) in [6, 6.07) is 19.8. The van der Waals surface area contributed by atoms with Crippen LogP contribution in [0.4, 0.5) is 0 Å². The van der Waals surface area contributed by atoms with Gasteiger partial charge in [-0.3, -0.25) is 0 Å². The van der Waals surface area contributed by atoms with Gasteiger partial charge in [-0.15, -0.1) is 0 Å². The summed E-state index contributed by atoms with van der Waals surface area (Å²) in [5, 5.41) is 12.0. The summed E-state index contributed by atoms with van der Waals surface area (Å²) >= 11 is 0. The minimum Gasteiger partial charge on any atom is -0.488 e. The van der Waals surface area contributed by atoms with E-state index in [2.05, 4.69) is 19.1 Å². The molecule has 1 aliphatic rings. The zero-order valence-corrected chi connectivity index (χ0v) is 20.0. The van der Waals surface area contributed by atoms with E-state index in [9.17, 15) is 5.11 Å². The lowest BCUT2D eigenvalue weighted by Crippen LogP contribution is -2.44. The molecule has 1 saturated carbocycles. The maximum Gasteiger partial charge on any atom is 0.231 e. The van der Waals surface area contributed by atoms with Crippen molar-refractivity contribution in [2.24, 2.45) is 5.92 Å². The summed E-state index contributed by atoms with van der Waals surface area (Å²) in [7, 11) is 4.40. The number of ether oxygens (including phenoxy) is 1. The molecular weight excluding hydrogens is 412 g/mol. The molecule has 3 aromatic rings. The molecule has 1 aromatic heterocycles. The maximum absolute atomic E-state index is 12.0. The molecule has 1 N–H and O–H groups in total. The number of benzene rings is 2. The summed E-state index contributed by atoms with van der Waals surface area (Å²) in [4.78, 5) is 4.59. The average Bonchev–Trinajstić information content (AvgIpc) is 3.34. The third-order valence-electron chi connectivity index (χ3n) is 6.96. The van der Waals surface area contributed by atoms with Gasteiger partial charge in [0.15, 0.2) is 5.60 Å². The number of quaternary nitrogens is 1. The van der Waals surface area contributed by atoms with Crippen LogP contribution in [0.15, 0.2) is 71.3 Å². The largest absolute Gasteiger partial charge is 0.488 e. The normalized spacial score (nSPS) is 16.9. The van der Waals surface area contributed by atoms with Crippen LogP contribution >= 0.6 is 0 Å². The van der Waals surface area contributed by atoms with E-state index in [4.69, 9.17) is 9.15 Å². The van der Waals surface area contributed by atoms with Crippen molar-refractivity contribution in [3.8, 4) is 5.75 Å². The molecule has 4 rings (SSSR count). The molecule has 1 heterocycles. The number of rotatable bonds is 10. The van der Waals surface area contributed by atoms with Gasteiger partial charge >= 0.3 is 0 Å². The second-order valence-corrected chi connectivity index (χ2v) is 9.89. The Morgan fingerprint density at radius 3 is 2.33 bits per heavy atom.